The number of ether oxygens (including phenoxy) is 1. The van der Waals surface area contributed by atoms with Gasteiger partial charge in [0.1, 0.15) is 11.9 Å². The molecular weight excluding hydrogens is 355 g/mol. The fourth-order valence-corrected chi connectivity index (χ4v) is 3.10. The van der Waals surface area contributed by atoms with Crippen molar-refractivity contribution >= 4 is 27.3 Å². The predicted octanol–water partition coefficient (Wildman–Crippen LogP) is 4.61. The summed E-state index contributed by atoms with van der Waals surface area (Å²) in [5.41, 5.74) is 4.89. The van der Waals surface area contributed by atoms with E-state index in [2.05, 4.69) is 15.9 Å². The van der Waals surface area contributed by atoms with Gasteiger partial charge in [-0.3, -0.25) is 0 Å². The first-order valence-corrected chi connectivity index (χ1v) is 7.30. The van der Waals surface area contributed by atoms with Gasteiger partial charge in [-0.15, -0.1) is 11.3 Å². The molecule has 108 valence electrons. The molecule has 0 radical (unpaired) electrons. The lowest BCUT2D eigenvalue weighted by Gasteiger charge is -2.17. The number of benzene rings is 1. The van der Waals surface area contributed by atoms with Crippen LogP contribution in [0.2, 0.25) is 0 Å². The van der Waals surface area contributed by atoms with E-state index in [9.17, 15) is 13.2 Å². The van der Waals surface area contributed by atoms with Crippen LogP contribution in [0, 0.1) is 0 Å². The minimum absolute atomic E-state index is 0.153. The maximum absolute atomic E-state index is 12.6. The molecule has 2 aromatic rings. The summed E-state index contributed by atoms with van der Waals surface area (Å²) in [4.78, 5) is 0.858. The van der Waals surface area contributed by atoms with Crippen LogP contribution in [-0.4, -0.2) is 6.54 Å². The highest BCUT2D eigenvalue weighted by Gasteiger charge is 2.30. The smallest absolute Gasteiger partial charge is 0.416 e. The molecule has 0 aliphatic carbocycles. The van der Waals surface area contributed by atoms with Crippen molar-refractivity contribution in [3.63, 3.8) is 0 Å². The normalized spacial score (nSPS) is 13.2. The zero-order valence-corrected chi connectivity index (χ0v) is 12.6. The summed E-state index contributed by atoms with van der Waals surface area (Å²) in [6.45, 7) is 0.184. The van der Waals surface area contributed by atoms with Gasteiger partial charge in [0, 0.05) is 11.4 Å². The predicted molar refractivity (Wildman–Crippen MR) is 75.9 cm³/mol. The van der Waals surface area contributed by atoms with Crippen molar-refractivity contribution in [2.24, 2.45) is 5.73 Å². The van der Waals surface area contributed by atoms with E-state index < -0.39 is 17.8 Å². The summed E-state index contributed by atoms with van der Waals surface area (Å²) in [5, 5.41) is 0. The van der Waals surface area contributed by atoms with Crippen LogP contribution in [0.3, 0.4) is 0 Å². The van der Waals surface area contributed by atoms with Crippen LogP contribution in [0.25, 0.3) is 0 Å². The molecule has 1 aromatic carbocycles. The zero-order valence-electron chi connectivity index (χ0n) is 10.2. The lowest BCUT2D eigenvalue weighted by molar-refractivity contribution is -0.137. The van der Waals surface area contributed by atoms with Crippen LogP contribution in [0.5, 0.6) is 5.75 Å². The molecule has 0 fully saturated rings. The van der Waals surface area contributed by atoms with Gasteiger partial charge < -0.3 is 10.5 Å². The molecule has 0 spiro atoms. The fourth-order valence-electron chi connectivity index (χ4n) is 1.63. The second kappa shape index (κ2) is 6.15. The molecule has 2 N–H and O–H groups in total. The molecule has 2 rings (SSSR count). The van der Waals surface area contributed by atoms with Crippen molar-refractivity contribution < 1.29 is 17.9 Å². The number of thiophene rings is 1. The highest BCUT2D eigenvalue weighted by Crippen LogP contribution is 2.34. The Morgan fingerprint density at radius 2 is 2.00 bits per heavy atom. The number of nitrogens with two attached hydrogens (primary N) is 1. The summed E-state index contributed by atoms with van der Waals surface area (Å²) in [6.07, 6.45) is -4.85. The van der Waals surface area contributed by atoms with Crippen LogP contribution in [0.1, 0.15) is 16.5 Å². The third kappa shape index (κ3) is 3.74. The average molecular weight is 366 g/mol. The highest BCUT2D eigenvalue weighted by molar-refractivity contribution is 9.11. The Morgan fingerprint density at radius 3 is 2.55 bits per heavy atom. The first kappa shape index (κ1) is 15.3. The Bertz CT molecular complexity index is 585. The number of rotatable bonds is 4. The Morgan fingerprint density at radius 1 is 1.25 bits per heavy atom. The molecule has 1 atom stereocenters. The molecule has 1 aromatic heterocycles. The molecule has 20 heavy (non-hydrogen) atoms. The van der Waals surface area contributed by atoms with E-state index in [1.807, 2.05) is 12.1 Å². The molecular formula is C13H11BrF3NOS. The molecule has 0 amide bonds. The number of hydrogen-bond donors (Lipinski definition) is 1. The van der Waals surface area contributed by atoms with E-state index in [1.165, 1.54) is 23.5 Å². The summed E-state index contributed by atoms with van der Waals surface area (Å²) in [6, 6.07) is 8.46. The van der Waals surface area contributed by atoms with Gasteiger partial charge in [-0.05, 0) is 46.3 Å². The van der Waals surface area contributed by atoms with Gasteiger partial charge in [-0.25, -0.2) is 0 Å². The first-order valence-electron chi connectivity index (χ1n) is 5.69. The van der Waals surface area contributed by atoms with Crippen molar-refractivity contribution in [2.45, 2.75) is 12.3 Å². The maximum atomic E-state index is 12.6. The minimum Gasteiger partial charge on any atom is -0.484 e. The van der Waals surface area contributed by atoms with Crippen molar-refractivity contribution in [3.8, 4) is 5.75 Å². The summed E-state index contributed by atoms with van der Waals surface area (Å²) in [7, 11) is 0. The van der Waals surface area contributed by atoms with Gasteiger partial charge >= 0.3 is 6.18 Å². The van der Waals surface area contributed by atoms with Crippen LogP contribution in [0.15, 0.2) is 40.2 Å². The minimum atomic E-state index is -4.39. The van der Waals surface area contributed by atoms with Crippen molar-refractivity contribution in [3.05, 3.63) is 50.6 Å². The molecule has 2 nitrogen and oxygen atoms in total. The lowest BCUT2D eigenvalue weighted by Crippen LogP contribution is -2.17. The summed E-state index contributed by atoms with van der Waals surface area (Å²) in [5.74, 6) is 0.153. The molecule has 0 bridgehead atoms. The van der Waals surface area contributed by atoms with E-state index in [-0.39, 0.29) is 12.3 Å². The Balaban J connectivity index is 2.20. The Kier molecular flexibility index (Phi) is 4.72. The zero-order chi connectivity index (χ0) is 14.8. The van der Waals surface area contributed by atoms with Gasteiger partial charge in [0.25, 0.3) is 0 Å². The van der Waals surface area contributed by atoms with Crippen molar-refractivity contribution in [2.75, 3.05) is 6.54 Å². The largest absolute Gasteiger partial charge is 0.484 e. The summed E-state index contributed by atoms with van der Waals surface area (Å²) < 4.78 is 44.4. The lowest BCUT2D eigenvalue weighted by atomic mass is 10.2. The average Bonchev–Trinajstić information content (AvgIpc) is 2.82. The van der Waals surface area contributed by atoms with E-state index in [4.69, 9.17) is 10.5 Å². The summed E-state index contributed by atoms with van der Waals surface area (Å²) >= 11 is 4.77. The number of hydrogen-bond acceptors (Lipinski definition) is 3. The van der Waals surface area contributed by atoms with Crippen LogP contribution < -0.4 is 10.5 Å². The van der Waals surface area contributed by atoms with E-state index >= 15 is 0 Å². The van der Waals surface area contributed by atoms with Gasteiger partial charge in [0.05, 0.1) is 9.35 Å². The fraction of sp³-hybridized carbons (Fsp3) is 0.231. The van der Waals surface area contributed by atoms with E-state index in [0.29, 0.717) is 0 Å². The second-order valence-electron chi connectivity index (χ2n) is 4.01. The van der Waals surface area contributed by atoms with Crippen LogP contribution in [-0.2, 0) is 6.18 Å². The highest BCUT2D eigenvalue weighted by atomic mass is 79.9. The van der Waals surface area contributed by atoms with Crippen molar-refractivity contribution in [1.29, 1.82) is 0 Å². The van der Waals surface area contributed by atoms with E-state index in [0.717, 1.165) is 20.8 Å². The van der Waals surface area contributed by atoms with E-state index in [1.54, 1.807) is 0 Å². The Hall–Kier alpha value is -1.05. The third-order valence-corrected chi connectivity index (χ3v) is 4.28. The molecule has 7 heteroatoms. The van der Waals surface area contributed by atoms with Gasteiger partial charge in [-0.1, -0.05) is 6.07 Å². The van der Waals surface area contributed by atoms with Crippen molar-refractivity contribution in [1.82, 2.24) is 0 Å². The maximum Gasteiger partial charge on any atom is 0.416 e. The Labute approximate surface area is 126 Å². The molecule has 1 unspecified atom stereocenters. The standard InChI is InChI=1S/C13H11BrF3NOS/c14-12-5-4-11(20-12)10(7-18)19-9-3-1-2-8(6-9)13(15,16)17/h1-6,10H,7,18H2. The van der Waals surface area contributed by atoms with Gasteiger partial charge in [0.2, 0.25) is 0 Å². The SMILES string of the molecule is NCC(Oc1cccc(C(F)(F)F)c1)c1ccc(Br)s1. The number of alkyl halides is 3. The molecule has 0 saturated carbocycles. The third-order valence-electron chi connectivity index (χ3n) is 2.57. The molecule has 0 aliphatic heterocycles. The molecule has 0 aliphatic rings. The topological polar surface area (TPSA) is 35.2 Å². The molecule has 1 heterocycles. The monoisotopic (exact) mass is 365 g/mol. The molecule has 0 saturated heterocycles. The second-order valence-corrected chi connectivity index (χ2v) is 6.50. The van der Waals surface area contributed by atoms with Gasteiger partial charge in [-0.2, -0.15) is 13.2 Å². The first-order chi connectivity index (χ1) is 9.40. The number of halogens is 4. The van der Waals surface area contributed by atoms with Crippen LogP contribution in [0.4, 0.5) is 13.2 Å². The van der Waals surface area contributed by atoms with Crippen LogP contribution >= 0.6 is 27.3 Å². The quantitative estimate of drug-likeness (QED) is 0.858. The van der Waals surface area contributed by atoms with Gasteiger partial charge in [0.15, 0.2) is 0 Å².